The lowest BCUT2D eigenvalue weighted by molar-refractivity contribution is -0.141. The predicted molar refractivity (Wildman–Crippen MR) is 61.5 cm³/mol. The molecule has 1 unspecified atom stereocenters. The van der Waals surface area contributed by atoms with Crippen molar-refractivity contribution >= 4 is 11.7 Å². The largest absolute Gasteiger partial charge is 0.481 e. The van der Waals surface area contributed by atoms with Crippen LogP contribution in [0.4, 0.5) is 5.69 Å². The molecule has 1 aromatic heterocycles. The lowest BCUT2D eigenvalue weighted by atomic mass is 9.98. The molecule has 1 N–H and O–H groups in total. The van der Waals surface area contributed by atoms with E-state index in [1.54, 1.807) is 12.3 Å². The standard InChI is InChI=1S/C12H13N3O2/c13-6-10-3-4-11(7-14-10)15-5-1-2-9(8-15)12(16)17/h3-4,7,9H,1-2,5,8H2,(H,16,17). The highest BCUT2D eigenvalue weighted by Crippen LogP contribution is 2.22. The number of nitriles is 1. The predicted octanol–water partition coefficient (Wildman–Crippen LogP) is 1.25. The number of carbonyl (C=O) groups is 1. The van der Waals surface area contributed by atoms with E-state index in [4.69, 9.17) is 10.4 Å². The van der Waals surface area contributed by atoms with Crippen molar-refractivity contribution in [1.82, 2.24) is 4.98 Å². The highest BCUT2D eigenvalue weighted by atomic mass is 16.4. The van der Waals surface area contributed by atoms with E-state index in [1.807, 2.05) is 17.0 Å². The van der Waals surface area contributed by atoms with Crippen LogP contribution in [0.15, 0.2) is 18.3 Å². The number of carboxylic acids is 1. The monoisotopic (exact) mass is 231 g/mol. The Labute approximate surface area is 99.3 Å². The molecule has 0 amide bonds. The highest BCUT2D eigenvalue weighted by Gasteiger charge is 2.25. The van der Waals surface area contributed by atoms with E-state index in [1.165, 1.54) is 0 Å². The molecule has 0 saturated carbocycles. The van der Waals surface area contributed by atoms with Crippen molar-refractivity contribution < 1.29 is 9.90 Å². The molecule has 17 heavy (non-hydrogen) atoms. The molecule has 1 saturated heterocycles. The maximum absolute atomic E-state index is 10.9. The smallest absolute Gasteiger partial charge is 0.308 e. The minimum absolute atomic E-state index is 0.306. The van der Waals surface area contributed by atoms with Gasteiger partial charge in [0.25, 0.3) is 0 Å². The first-order valence-corrected chi connectivity index (χ1v) is 5.54. The van der Waals surface area contributed by atoms with Crippen molar-refractivity contribution in [3.63, 3.8) is 0 Å². The number of rotatable bonds is 2. The van der Waals surface area contributed by atoms with Crippen molar-refractivity contribution in [2.24, 2.45) is 5.92 Å². The zero-order chi connectivity index (χ0) is 12.3. The Balaban J connectivity index is 2.11. The number of carboxylic acid groups (broad SMARTS) is 1. The second kappa shape index (κ2) is 4.83. The van der Waals surface area contributed by atoms with Crippen LogP contribution in [0.25, 0.3) is 0 Å². The fourth-order valence-corrected chi connectivity index (χ4v) is 2.05. The third-order valence-corrected chi connectivity index (χ3v) is 3.00. The number of nitrogens with zero attached hydrogens (tertiary/aromatic N) is 3. The summed E-state index contributed by atoms with van der Waals surface area (Å²) >= 11 is 0. The molecule has 1 atom stereocenters. The van der Waals surface area contributed by atoms with E-state index in [0.717, 1.165) is 25.1 Å². The molecular formula is C12H13N3O2. The Kier molecular flexibility index (Phi) is 3.24. The second-order valence-corrected chi connectivity index (χ2v) is 4.14. The summed E-state index contributed by atoms with van der Waals surface area (Å²) in [5.41, 5.74) is 1.26. The molecule has 1 fully saturated rings. The number of anilines is 1. The Morgan fingerprint density at radius 1 is 1.59 bits per heavy atom. The molecule has 2 heterocycles. The van der Waals surface area contributed by atoms with Gasteiger partial charge in [-0.15, -0.1) is 0 Å². The quantitative estimate of drug-likeness (QED) is 0.829. The molecule has 1 aliphatic heterocycles. The number of aromatic nitrogens is 1. The van der Waals surface area contributed by atoms with Crippen LogP contribution in [-0.2, 0) is 4.79 Å². The average molecular weight is 231 g/mol. The summed E-state index contributed by atoms with van der Waals surface area (Å²) in [6.07, 6.45) is 3.23. The van der Waals surface area contributed by atoms with Gasteiger partial charge in [-0.05, 0) is 25.0 Å². The molecular weight excluding hydrogens is 218 g/mol. The van der Waals surface area contributed by atoms with Crippen molar-refractivity contribution in [2.45, 2.75) is 12.8 Å². The SMILES string of the molecule is N#Cc1ccc(N2CCCC(C(=O)O)C2)cn1. The molecule has 5 nitrogen and oxygen atoms in total. The first kappa shape index (κ1) is 11.4. The van der Waals surface area contributed by atoms with Gasteiger partial charge in [0, 0.05) is 13.1 Å². The molecule has 5 heteroatoms. The van der Waals surface area contributed by atoms with Crippen LogP contribution in [0.2, 0.25) is 0 Å². The van der Waals surface area contributed by atoms with Gasteiger partial charge in [0.2, 0.25) is 0 Å². The van der Waals surface area contributed by atoms with E-state index >= 15 is 0 Å². The highest BCUT2D eigenvalue weighted by molar-refractivity contribution is 5.71. The molecule has 0 radical (unpaired) electrons. The Bertz CT molecular complexity index is 450. The van der Waals surface area contributed by atoms with Crippen molar-refractivity contribution in [3.8, 4) is 6.07 Å². The lowest BCUT2D eigenvalue weighted by Gasteiger charge is -2.32. The Hall–Kier alpha value is -2.09. The summed E-state index contributed by atoms with van der Waals surface area (Å²) in [5.74, 6) is -1.05. The van der Waals surface area contributed by atoms with Gasteiger partial charge in [0.05, 0.1) is 17.8 Å². The molecule has 0 aromatic carbocycles. The molecule has 1 aromatic rings. The van der Waals surface area contributed by atoms with Crippen molar-refractivity contribution in [2.75, 3.05) is 18.0 Å². The summed E-state index contributed by atoms with van der Waals surface area (Å²) < 4.78 is 0. The van der Waals surface area contributed by atoms with Crippen LogP contribution in [0.3, 0.4) is 0 Å². The first-order valence-electron chi connectivity index (χ1n) is 5.54. The molecule has 0 bridgehead atoms. The summed E-state index contributed by atoms with van der Waals surface area (Å²) in [4.78, 5) is 16.9. The van der Waals surface area contributed by atoms with E-state index in [0.29, 0.717) is 12.2 Å². The van der Waals surface area contributed by atoms with Crippen molar-refractivity contribution in [1.29, 1.82) is 5.26 Å². The topological polar surface area (TPSA) is 77.2 Å². The van der Waals surface area contributed by atoms with Gasteiger partial charge in [0.15, 0.2) is 0 Å². The fourth-order valence-electron chi connectivity index (χ4n) is 2.05. The van der Waals surface area contributed by atoms with Crippen molar-refractivity contribution in [3.05, 3.63) is 24.0 Å². The minimum Gasteiger partial charge on any atom is -0.481 e. The number of pyridine rings is 1. The number of aliphatic carboxylic acids is 1. The third kappa shape index (κ3) is 2.53. The molecule has 1 aliphatic rings. The van der Waals surface area contributed by atoms with Gasteiger partial charge in [0.1, 0.15) is 11.8 Å². The molecule has 0 spiro atoms. The van der Waals surface area contributed by atoms with Gasteiger partial charge in [-0.25, -0.2) is 4.98 Å². The van der Waals surface area contributed by atoms with Crippen LogP contribution in [-0.4, -0.2) is 29.1 Å². The average Bonchev–Trinajstić information content (AvgIpc) is 2.39. The van der Waals surface area contributed by atoms with Gasteiger partial charge in [-0.2, -0.15) is 5.26 Å². The number of hydrogen-bond donors (Lipinski definition) is 1. The van der Waals surface area contributed by atoms with E-state index in [-0.39, 0.29) is 5.92 Å². The summed E-state index contributed by atoms with van der Waals surface area (Å²) in [6.45, 7) is 1.36. The normalized spacial score (nSPS) is 19.7. The van der Waals surface area contributed by atoms with Crippen LogP contribution >= 0.6 is 0 Å². The molecule has 0 aliphatic carbocycles. The Morgan fingerprint density at radius 3 is 3.00 bits per heavy atom. The molecule has 88 valence electrons. The van der Waals surface area contributed by atoms with Crippen LogP contribution in [0.5, 0.6) is 0 Å². The second-order valence-electron chi connectivity index (χ2n) is 4.14. The summed E-state index contributed by atoms with van der Waals surface area (Å²) in [7, 11) is 0. The maximum atomic E-state index is 10.9. The van der Waals surface area contributed by atoms with Crippen LogP contribution in [0.1, 0.15) is 18.5 Å². The van der Waals surface area contributed by atoms with Gasteiger partial charge in [-0.3, -0.25) is 4.79 Å². The van der Waals surface area contributed by atoms with E-state index in [9.17, 15) is 4.79 Å². The van der Waals surface area contributed by atoms with E-state index in [2.05, 4.69) is 4.98 Å². The van der Waals surface area contributed by atoms with E-state index < -0.39 is 5.97 Å². The fraction of sp³-hybridized carbons (Fsp3) is 0.417. The first-order chi connectivity index (χ1) is 8.20. The third-order valence-electron chi connectivity index (χ3n) is 3.00. The van der Waals surface area contributed by atoms with Gasteiger partial charge >= 0.3 is 5.97 Å². The molecule has 2 rings (SSSR count). The van der Waals surface area contributed by atoms with Gasteiger partial charge in [-0.1, -0.05) is 0 Å². The lowest BCUT2D eigenvalue weighted by Crippen LogP contribution is -2.38. The van der Waals surface area contributed by atoms with Crippen LogP contribution in [0, 0.1) is 17.2 Å². The van der Waals surface area contributed by atoms with Crippen LogP contribution < -0.4 is 4.90 Å². The summed E-state index contributed by atoms with van der Waals surface area (Å²) in [6, 6.07) is 5.43. The van der Waals surface area contributed by atoms with Gasteiger partial charge < -0.3 is 10.0 Å². The number of hydrogen-bond acceptors (Lipinski definition) is 4. The minimum atomic E-state index is -0.740. The maximum Gasteiger partial charge on any atom is 0.308 e. The zero-order valence-electron chi connectivity index (χ0n) is 9.33. The Morgan fingerprint density at radius 2 is 2.41 bits per heavy atom. The zero-order valence-corrected chi connectivity index (χ0v) is 9.33. The number of piperidine rings is 1. The summed E-state index contributed by atoms with van der Waals surface area (Å²) in [5, 5.41) is 17.6.